The van der Waals surface area contributed by atoms with E-state index in [1.54, 1.807) is 18.2 Å². The van der Waals surface area contributed by atoms with Crippen LogP contribution in [0.3, 0.4) is 0 Å². The van der Waals surface area contributed by atoms with Crippen LogP contribution in [0.25, 0.3) is 0 Å². The Labute approximate surface area is 201 Å². The van der Waals surface area contributed by atoms with Gasteiger partial charge in [0.25, 0.3) is 11.8 Å². The predicted octanol–water partition coefficient (Wildman–Crippen LogP) is 6.91. The Hall–Kier alpha value is -2.73. The van der Waals surface area contributed by atoms with Crippen molar-refractivity contribution < 1.29 is 9.59 Å². The third-order valence-electron chi connectivity index (χ3n) is 5.25. The highest BCUT2D eigenvalue weighted by atomic mass is 35.5. The van der Waals surface area contributed by atoms with Gasteiger partial charge in [0, 0.05) is 20.6 Å². The molecular formula is C25H20Cl2N2O2S. The fourth-order valence-electron chi connectivity index (χ4n) is 3.36. The van der Waals surface area contributed by atoms with Crippen LogP contribution in [0, 0.1) is 20.8 Å². The van der Waals surface area contributed by atoms with E-state index in [1.807, 2.05) is 63.2 Å². The molecule has 1 aliphatic heterocycles. The number of carbonyl (C=O) groups excluding carboxylic acids is 2. The van der Waals surface area contributed by atoms with Crippen molar-refractivity contribution in [2.24, 2.45) is 0 Å². The summed E-state index contributed by atoms with van der Waals surface area (Å²) in [7, 11) is 0. The van der Waals surface area contributed by atoms with Gasteiger partial charge < -0.3 is 5.32 Å². The minimum absolute atomic E-state index is 0.227. The molecule has 32 heavy (non-hydrogen) atoms. The topological polar surface area (TPSA) is 49.4 Å². The lowest BCUT2D eigenvalue weighted by Gasteiger charge is -2.16. The number of thioether (sulfide) groups is 1. The van der Waals surface area contributed by atoms with Crippen LogP contribution in [-0.4, -0.2) is 11.8 Å². The maximum Gasteiger partial charge on any atom is 0.283 e. The first-order chi connectivity index (χ1) is 15.2. The summed E-state index contributed by atoms with van der Waals surface area (Å²) in [6, 6.07) is 18.3. The molecule has 0 unspecified atom stereocenters. The highest BCUT2D eigenvalue weighted by Gasteiger charge is 2.40. The van der Waals surface area contributed by atoms with Gasteiger partial charge in [-0.3, -0.25) is 9.59 Å². The molecule has 0 saturated carbocycles. The Balaban J connectivity index is 1.79. The predicted molar refractivity (Wildman–Crippen MR) is 133 cm³/mol. The lowest BCUT2D eigenvalue weighted by molar-refractivity contribution is -0.120. The van der Waals surface area contributed by atoms with Crippen LogP contribution in [0.15, 0.2) is 76.2 Å². The number of imide groups is 1. The highest BCUT2D eigenvalue weighted by molar-refractivity contribution is 8.04. The normalized spacial score (nSPS) is 13.8. The van der Waals surface area contributed by atoms with Crippen LogP contribution in [0.5, 0.6) is 0 Å². The van der Waals surface area contributed by atoms with Crippen LogP contribution in [0.1, 0.15) is 16.7 Å². The Morgan fingerprint density at radius 2 is 1.50 bits per heavy atom. The number of rotatable bonds is 5. The molecule has 0 aliphatic carbocycles. The van der Waals surface area contributed by atoms with E-state index in [1.165, 1.54) is 11.8 Å². The molecule has 1 heterocycles. The van der Waals surface area contributed by atoms with Gasteiger partial charge in [0.15, 0.2) is 0 Å². The van der Waals surface area contributed by atoms with Crippen LogP contribution < -0.4 is 10.2 Å². The van der Waals surface area contributed by atoms with E-state index in [-0.39, 0.29) is 5.70 Å². The van der Waals surface area contributed by atoms with E-state index >= 15 is 0 Å². The average Bonchev–Trinajstić information content (AvgIpc) is 2.96. The maximum absolute atomic E-state index is 13.5. The molecule has 2 amide bonds. The number of carbonyl (C=O) groups is 2. The molecule has 0 radical (unpaired) electrons. The summed E-state index contributed by atoms with van der Waals surface area (Å²) >= 11 is 13.5. The van der Waals surface area contributed by atoms with Gasteiger partial charge in [-0.05, 0) is 68.3 Å². The molecule has 3 aromatic carbocycles. The van der Waals surface area contributed by atoms with E-state index < -0.39 is 11.8 Å². The molecule has 0 aromatic heterocycles. The number of amides is 2. The molecule has 1 aliphatic rings. The van der Waals surface area contributed by atoms with Crippen molar-refractivity contribution in [1.29, 1.82) is 0 Å². The Morgan fingerprint density at radius 3 is 2.16 bits per heavy atom. The Bertz CT molecular complexity index is 1250. The van der Waals surface area contributed by atoms with Crippen molar-refractivity contribution in [3.63, 3.8) is 0 Å². The van der Waals surface area contributed by atoms with Gasteiger partial charge in [0.2, 0.25) is 0 Å². The van der Waals surface area contributed by atoms with Gasteiger partial charge in [-0.1, -0.05) is 64.8 Å². The van der Waals surface area contributed by atoms with Crippen LogP contribution in [0.4, 0.5) is 11.4 Å². The fourth-order valence-corrected chi connectivity index (χ4v) is 4.80. The average molecular weight is 483 g/mol. The lowest BCUT2D eigenvalue weighted by Crippen LogP contribution is -2.32. The summed E-state index contributed by atoms with van der Waals surface area (Å²) in [4.78, 5) is 29.2. The number of halogens is 2. The quantitative estimate of drug-likeness (QED) is 0.401. The highest BCUT2D eigenvalue weighted by Crippen LogP contribution is 2.39. The van der Waals surface area contributed by atoms with Gasteiger partial charge in [-0.15, -0.1) is 0 Å². The lowest BCUT2D eigenvalue weighted by atomic mass is 10.1. The first-order valence-corrected chi connectivity index (χ1v) is 11.5. The minimum atomic E-state index is -0.455. The number of nitrogens with one attached hydrogen (secondary N) is 1. The molecular weight excluding hydrogens is 463 g/mol. The summed E-state index contributed by atoms with van der Waals surface area (Å²) in [6.45, 7) is 5.97. The van der Waals surface area contributed by atoms with Crippen molar-refractivity contribution in [3.8, 4) is 0 Å². The first-order valence-electron chi connectivity index (χ1n) is 9.91. The van der Waals surface area contributed by atoms with E-state index in [9.17, 15) is 9.59 Å². The monoisotopic (exact) mass is 482 g/mol. The summed E-state index contributed by atoms with van der Waals surface area (Å²) < 4.78 is 0. The van der Waals surface area contributed by atoms with Crippen molar-refractivity contribution in [2.75, 3.05) is 10.2 Å². The second-order valence-corrected chi connectivity index (χ2v) is 9.52. The van der Waals surface area contributed by atoms with Gasteiger partial charge in [0.1, 0.15) is 10.6 Å². The van der Waals surface area contributed by atoms with Crippen molar-refractivity contribution in [2.45, 2.75) is 25.7 Å². The second kappa shape index (κ2) is 9.02. The smallest absolute Gasteiger partial charge is 0.283 e. The summed E-state index contributed by atoms with van der Waals surface area (Å²) in [5.41, 5.74) is 4.53. The van der Waals surface area contributed by atoms with Gasteiger partial charge in [0.05, 0.1) is 5.69 Å². The van der Waals surface area contributed by atoms with Crippen LogP contribution in [0.2, 0.25) is 10.0 Å². The molecule has 3 aromatic rings. The van der Waals surface area contributed by atoms with Crippen molar-refractivity contribution in [1.82, 2.24) is 0 Å². The Morgan fingerprint density at radius 1 is 0.844 bits per heavy atom. The van der Waals surface area contributed by atoms with Gasteiger partial charge >= 0.3 is 0 Å². The SMILES string of the molecule is Cc1ccc(SC2=C(Nc3cccc(C)c3C)C(=O)N(c3cc(Cl)cc(Cl)c3)C2=O)cc1. The molecule has 0 atom stereocenters. The number of benzene rings is 3. The number of aryl methyl sites for hydroxylation is 2. The zero-order valence-corrected chi connectivity index (χ0v) is 20.0. The van der Waals surface area contributed by atoms with Crippen LogP contribution >= 0.6 is 35.0 Å². The number of hydrogen-bond donors (Lipinski definition) is 1. The molecule has 4 rings (SSSR count). The number of hydrogen-bond acceptors (Lipinski definition) is 4. The Kier molecular flexibility index (Phi) is 6.33. The molecule has 4 nitrogen and oxygen atoms in total. The van der Waals surface area contributed by atoms with E-state index in [4.69, 9.17) is 23.2 Å². The fraction of sp³-hybridized carbons (Fsp3) is 0.120. The summed E-state index contributed by atoms with van der Waals surface area (Å²) in [5, 5.41) is 3.91. The third kappa shape index (κ3) is 4.42. The maximum atomic E-state index is 13.5. The van der Waals surface area contributed by atoms with Crippen LogP contribution in [-0.2, 0) is 9.59 Å². The van der Waals surface area contributed by atoms with Gasteiger partial charge in [-0.25, -0.2) is 4.90 Å². The van der Waals surface area contributed by atoms with Crippen molar-refractivity contribution >= 4 is 58.2 Å². The molecule has 162 valence electrons. The molecule has 1 N–H and O–H groups in total. The number of anilines is 2. The molecule has 7 heteroatoms. The van der Waals surface area contributed by atoms with E-state index in [0.29, 0.717) is 20.6 Å². The molecule has 0 spiro atoms. The standard InChI is InChI=1S/C25H20Cl2N2O2S/c1-14-7-9-20(10-8-14)32-23-22(28-21-6-4-5-15(2)16(21)3)24(30)29(25(23)31)19-12-17(26)11-18(27)13-19/h4-13,28H,1-3H3. The molecule has 0 bridgehead atoms. The van der Waals surface area contributed by atoms with Gasteiger partial charge in [-0.2, -0.15) is 0 Å². The van der Waals surface area contributed by atoms with E-state index in [2.05, 4.69) is 5.32 Å². The minimum Gasteiger partial charge on any atom is -0.350 e. The largest absolute Gasteiger partial charge is 0.350 e. The zero-order chi connectivity index (χ0) is 23.0. The second-order valence-electron chi connectivity index (χ2n) is 7.57. The first kappa shape index (κ1) is 22.5. The zero-order valence-electron chi connectivity index (χ0n) is 17.7. The third-order valence-corrected chi connectivity index (χ3v) is 6.78. The summed E-state index contributed by atoms with van der Waals surface area (Å²) in [5.74, 6) is -0.879. The van der Waals surface area contributed by atoms with Crippen molar-refractivity contribution in [3.05, 3.63) is 98.0 Å². The summed E-state index contributed by atoms with van der Waals surface area (Å²) in [6.07, 6.45) is 0. The molecule has 0 saturated heterocycles. The molecule has 0 fully saturated rings. The number of nitrogens with zero attached hydrogens (tertiary/aromatic N) is 1. The van der Waals surface area contributed by atoms with E-state index in [0.717, 1.165) is 32.2 Å².